The van der Waals surface area contributed by atoms with E-state index in [1.807, 2.05) is 24.9 Å². The van der Waals surface area contributed by atoms with Crippen LogP contribution in [0.25, 0.3) is 0 Å². The Hall–Kier alpha value is -2.70. The van der Waals surface area contributed by atoms with Crippen LogP contribution in [0.4, 0.5) is 5.82 Å². The molecular formula is C14H13N7. The Morgan fingerprint density at radius 3 is 2.95 bits per heavy atom. The molecule has 0 amide bonds. The maximum Gasteiger partial charge on any atom is 0.179 e. The van der Waals surface area contributed by atoms with E-state index < -0.39 is 0 Å². The number of nitrogens with zero attached hydrogens (tertiary/aromatic N) is 5. The molecular weight excluding hydrogens is 266 g/mol. The van der Waals surface area contributed by atoms with E-state index in [0.717, 1.165) is 22.8 Å². The third-order valence-electron chi connectivity index (χ3n) is 4.18. The lowest BCUT2D eigenvalue weighted by Gasteiger charge is -2.18. The highest BCUT2D eigenvalue weighted by Gasteiger charge is 2.35. The van der Waals surface area contributed by atoms with Gasteiger partial charge in [-0.15, -0.1) is 0 Å². The summed E-state index contributed by atoms with van der Waals surface area (Å²) in [7, 11) is 0. The average molecular weight is 279 g/mol. The van der Waals surface area contributed by atoms with Crippen molar-refractivity contribution in [1.82, 2.24) is 29.7 Å². The van der Waals surface area contributed by atoms with E-state index in [0.29, 0.717) is 5.92 Å². The van der Waals surface area contributed by atoms with E-state index in [-0.39, 0.29) is 6.04 Å². The minimum Gasteiger partial charge on any atom is -0.346 e. The van der Waals surface area contributed by atoms with Gasteiger partial charge in [0.05, 0.1) is 42.7 Å². The Morgan fingerprint density at radius 2 is 2.14 bits per heavy atom. The normalized spacial score (nSPS) is 20.1. The number of fused-ring (bicyclic) bond motifs is 2. The third kappa shape index (κ3) is 1.54. The van der Waals surface area contributed by atoms with Crippen LogP contribution in [0.3, 0.4) is 0 Å². The highest BCUT2D eigenvalue weighted by atomic mass is 15.2. The molecule has 1 aliphatic heterocycles. The summed E-state index contributed by atoms with van der Waals surface area (Å²) in [6.07, 6.45) is 11.5. The number of hydrogen-bond acceptors (Lipinski definition) is 4. The van der Waals surface area contributed by atoms with E-state index in [1.54, 1.807) is 6.33 Å². The molecule has 0 aromatic carbocycles. The lowest BCUT2D eigenvalue weighted by Crippen LogP contribution is -2.14. The molecule has 1 saturated carbocycles. The smallest absolute Gasteiger partial charge is 0.179 e. The molecule has 0 saturated heterocycles. The molecule has 3 aromatic rings. The summed E-state index contributed by atoms with van der Waals surface area (Å²) in [6.45, 7) is 0. The molecule has 0 bridgehead atoms. The molecule has 21 heavy (non-hydrogen) atoms. The molecule has 3 aromatic heterocycles. The van der Waals surface area contributed by atoms with E-state index >= 15 is 0 Å². The van der Waals surface area contributed by atoms with Crippen LogP contribution in [0.1, 0.15) is 47.4 Å². The van der Waals surface area contributed by atoms with Crippen LogP contribution in [-0.2, 0) is 0 Å². The van der Waals surface area contributed by atoms with Crippen molar-refractivity contribution in [3.63, 3.8) is 0 Å². The summed E-state index contributed by atoms with van der Waals surface area (Å²) in [5, 5.41) is 7.60. The molecule has 4 heterocycles. The van der Waals surface area contributed by atoms with Crippen molar-refractivity contribution in [1.29, 1.82) is 0 Å². The van der Waals surface area contributed by atoms with Gasteiger partial charge in [0.25, 0.3) is 0 Å². The maximum absolute atomic E-state index is 4.53. The summed E-state index contributed by atoms with van der Waals surface area (Å²) in [5.41, 5.74) is 4.32. The van der Waals surface area contributed by atoms with Crippen LogP contribution in [0.2, 0.25) is 0 Å². The van der Waals surface area contributed by atoms with Crippen molar-refractivity contribution in [2.75, 3.05) is 0 Å². The zero-order valence-corrected chi connectivity index (χ0v) is 11.2. The van der Waals surface area contributed by atoms with Gasteiger partial charge < -0.3 is 9.55 Å². The molecule has 7 heteroatoms. The first-order valence-electron chi connectivity index (χ1n) is 7.04. The van der Waals surface area contributed by atoms with Gasteiger partial charge in [-0.05, 0) is 12.8 Å². The predicted octanol–water partition coefficient (Wildman–Crippen LogP) is 1.91. The van der Waals surface area contributed by atoms with Gasteiger partial charge in [-0.25, -0.2) is 15.0 Å². The third-order valence-corrected chi connectivity index (χ3v) is 4.18. The van der Waals surface area contributed by atoms with E-state index in [4.69, 9.17) is 0 Å². The fourth-order valence-corrected chi connectivity index (χ4v) is 3.02. The Morgan fingerprint density at radius 1 is 1.19 bits per heavy atom. The number of aliphatic imine (C=N–C) groups is 1. The topological polar surface area (TPSA) is 87.5 Å². The monoisotopic (exact) mass is 279 g/mol. The van der Waals surface area contributed by atoms with Crippen molar-refractivity contribution in [2.45, 2.75) is 24.8 Å². The van der Waals surface area contributed by atoms with Crippen molar-refractivity contribution < 1.29 is 0 Å². The first-order valence-corrected chi connectivity index (χ1v) is 7.04. The quantitative estimate of drug-likeness (QED) is 0.587. The van der Waals surface area contributed by atoms with Gasteiger partial charge >= 0.3 is 0 Å². The van der Waals surface area contributed by atoms with Crippen LogP contribution in [0.5, 0.6) is 0 Å². The fourth-order valence-electron chi connectivity index (χ4n) is 3.02. The minimum absolute atomic E-state index is 0.0168. The first-order chi connectivity index (χ1) is 10.4. The van der Waals surface area contributed by atoms with Crippen LogP contribution in [0, 0.1) is 0 Å². The Balaban J connectivity index is 1.80. The summed E-state index contributed by atoms with van der Waals surface area (Å²) >= 11 is 0. The lowest BCUT2D eigenvalue weighted by atomic mass is 10.0. The lowest BCUT2D eigenvalue weighted by molar-refractivity contribution is 0.654. The van der Waals surface area contributed by atoms with Crippen molar-refractivity contribution in [3.05, 3.63) is 47.7 Å². The molecule has 2 N–H and O–H groups in total. The summed E-state index contributed by atoms with van der Waals surface area (Å²) < 4.78 is 2.12. The molecule has 1 aliphatic carbocycles. The molecule has 7 nitrogen and oxygen atoms in total. The van der Waals surface area contributed by atoms with Gasteiger partial charge in [-0.2, -0.15) is 5.10 Å². The first kappa shape index (κ1) is 11.0. The number of rotatable bonds is 2. The number of nitrogens with one attached hydrogen (secondary N) is 2. The largest absolute Gasteiger partial charge is 0.346 e. The summed E-state index contributed by atoms with van der Waals surface area (Å²) in [5.74, 6) is 1.34. The van der Waals surface area contributed by atoms with Gasteiger partial charge in [-0.3, -0.25) is 5.10 Å². The SMILES string of the molecule is C1=Nc2n[nH]c(C3CC3)c2C(c2cnc[nH]2)n2cncc21. The highest BCUT2D eigenvalue weighted by molar-refractivity contribution is 5.81. The van der Waals surface area contributed by atoms with Crippen LogP contribution in [-0.4, -0.2) is 35.9 Å². The summed E-state index contributed by atoms with van der Waals surface area (Å²) in [6, 6.07) is -0.0168. The number of imidazole rings is 2. The van der Waals surface area contributed by atoms with Gasteiger partial charge in [0.2, 0.25) is 0 Å². The van der Waals surface area contributed by atoms with Crippen LogP contribution in [0.15, 0.2) is 30.0 Å². The van der Waals surface area contributed by atoms with Crippen molar-refractivity contribution in [3.8, 4) is 0 Å². The Bertz CT molecular complexity index is 820. The van der Waals surface area contributed by atoms with Gasteiger partial charge in [-0.1, -0.05) is 0 Å². The van der Waals surface area contributed by atoms with Gasteiger partial charge in [0.1, 0.15) is 6.04 Å². The van der Waals surface area contributed by atoms with Gasteiger partial charge in [0, 0.05) is 17.2 Å². The standard InChI is InChI=1S/C14H13N7/c1-2-8(1)12-11-13(10-5-15-6-18-10)21-7-16-3-9(21)4-17-14(11)20-19-12/h3-8,13H,1-2H2,(H,15,18)(H,19,20). The zero-order chi connectivity index (χ0) is 13.8. The number of aromatic amines is 2. The second-order valence-electron chi connectivity index (χ2n) is 5.54. The van der Waals surface area contributed by atoms with E-state index in [2.05, 4.69) is 34.7 Å². The number of aromatic nitrogens is 6. The summed E-state index contributed by atoms with van der Waals surface area (Å²) in [4.78, 5) is 16.2. The van der Waals surface area contributed by atoms with Gasteiger partial charge in [0.15, 0.2) is 5.82 Å². The maximum atomic E-state index is 4.53. The molecule has 5 rings (SSSR count). The molecule has 0 spiro atoms. The van der Waals surface area contributed by atoms with Crippen LogP contribution < -0.4 is 0 Å². The predicted molar refractivity (Wildman–Crippen MR) is 75.9 cm³/mol. The number of hydrogen-bond donors (Lipinski definition) is 2. The van der Waals surface area contributed by atoms with Crippen molar-refractivity contribution >= 4 is 12.0 Å². The second-order valence-corrected chi connectivity index (χ2v) is 5.54. The molecule has 0 radical (unpaired) electrons. The van der Waals surface area contributed by atoms with Crippen molar-refractivity contribution in [2.24, 2.45) is 4.99 Å². The number of H-pyrrole nitrogens is 2. The minimum atomic E-state index is -0.0168. The zero-order valence-electron chi connectivity index (χ0n) is 11.2. The van der Waals surface area contributed by atoms with E-state index in [9.17, 15) is 0 Å². The molecule has 104 valence electrons. The molecule has 1 unspecified atom stereocenters. The highest BCUT2D eigenvalue weighted by Crippen LogP contribution is 2.46. The Kier molecular flexibility index (Phi) is 2.05. The van der Waals surface area contributed by atoms with Crippen LogP contribution >= 0.6 is 0 Å². The average Bonchev–Trinajstić information content (AvgIpc) is 2.93. The second kappa shape index (κ2) is 3.91. The molecule has 1 atom stereocenters. The van der Waals surface area contributed by atoms with E-state index in [1.165, 1.54) is 18.5 Å². The fraction of sp³-hybridized carbons (Fsp3) is 0.286. The molecule has 2 aliphatic rings. The molecule has 1 fully saturated rings. The Labute approximate surface area is 120 Å².